The molecule has 10 nitrogen and oxygen atoms in total. The number of hydrogen-bond acceptors (Lipinski definition) is 7. The van der Waals surface area contributed by atoms with E-state index in [1.807, 2.05) is 0 Å². The molecule has 3 heterocycles. The van der Waals surface area contributed by atoms with Crippen LogP contribution in [0.1, 0.15) is 18.4 Å². The molecular weight excluding hydrogens is 402 g/mol. The molecule has 2 N–H and O–H groups in total. The van der Waals surface area contributed by atoms with Crippen LogP contribution in [0.3, 0.4) is 0 Å². The summed E-state index contributed by atoms with van der Waals surface area (Å²) in [6.07, 6.45) is 1.53. The van der Waals surface area contributed by atoms with Crippen molar-refractivity contribution < 1.29 is 32.3 Å². The van der Waals surface area contributed by atoms with E-state index in [0.717, 1.165) is 10.3 Å². The minimum atomic E-state index is -3.26. The van der Waals surface area contributed by atoms with Gasteiger partial charge < -0.3 is 20.1 Å². The van der Waals surface area contributed by atoms with E-state index in [1.165, 1.54) is 6.08 Å². The maximum atomic E-state index is 12.6. The minimum absolute atomic E-state index is 0.0149. The lowest BCUT2D eigenvalue weighted by Gasteiger charge is -2.14. The molecule has 1 aromatic rings. The number of fused-ring (bicyclic) bond motifs is 1. The average molecular weight is 421 g/mol. The van der Waals surface area contributed by atoms with Gasteiger partial charge in [-0.3, -0.25) is 14.5 Å². The van der Waals surface area contributed by atoms with Gasteiger partial charge in [0, 0.05) is 11.8 Å². The number of ether oxygens (including phenoxy) is 2. The highest BCUT2D eigenvalue weighted by Gasteiger charge is 2.38. The molecule has 29 heavy (non-hydrogen) atoms. The zero-order valence-corrected chi connectivity index (χ0v) is 16.1. The number of benzene rings is 1. The predicted octanol–water partition coefficient (Wildman–Crippen LogP) is 0.0428. The maximum Gasteiger partial charge on any atom is 0.325 e. The Hall–Kier alpha value is -3.08. The van der Waals surface area contributed by atoms with Crippen LogP contribution in [0.2, 0.25) is 0 Å². The van der Waals surface area contributed by atoms with E-state index in [2.05, 4.69) is 10.6 Å². The Balaban J connectivity index is 1.30. The van der Waals surface area contributed by atoms with Crippen molar-refractivity contribution in [3.05, 3.63) is 35.2 Å². The lowest BCUT2D eigenvalue weighted by atomic mass is 10.1. The predicted molar refractivity (Wildman–Crippen MR) is 99.5 cm³/mol. The van der Waals surface area contributed by atoms with Gasteiger partial charge in [-0.2, -0.15) is 0 Å². The zero-order chi connectivity index (χ0) is 20.6. The van der Waals surface area contributed by atoms with E-state index in [-0.39, 0.29) is 37.8 Å². The molecule has 3 aliphatic heterocycles. The summed E-state index contributed by atoms with van der Waals surface area (Å²) < 4.78 is 33.3. The molecule has 11 heteroatoms. The summed E-state index contributed by atoms with van der Waals surface area (Å²) in [6.45, 7) is 0.212. The molecule has 0 spiro atoms. The number of hydrogen-bond donors (Lipinski definition) is 2. The molecule has 154 valence electrons. The molecule has 2 atom stereocenters. The summed E-state index contributed by atoms with van der Waals surface area (Å²) in [7, 11) is -3.26. The van der Waals surface area contributed by atoms with Gasteiger partial charge in [-0.05, 0) is 30.2 Å². The van der Waals surface area contributed by atoms with Crippen molar-refractivity contribution in [2.24, 2.45) is 0 Å². The first kappa shape index (κ1) is 19.2. The van der Waals surface area contributed by atoms with Crippen LogP contribution in [0.4, 0.5) is 4.79 Å². The Kier molecular flexibility index (Phi) is 4.91. The van der Waals surface area contributed by atoms with E-state index in [4.69, 9.17) is 9.47 Å². The van der Waals surface area contributed by atoms with Gasteiger partial charge in [-0.25, -0.2) is 13.2 Å². The average Bonchev–Trinajstić information content (AvgIpc) is 3.33. The van der Waals surface area contributed by atoms with Gasteiger partial charge in [0.15, 0.2) is 21.3 Å². The Morgan fingerprint density at radius 2 is 2.03 bits per heavy atom. The van der Waals surface area contributed by atoms with Gasteiger partial charge in [0.05, 0.1) is 18.3 Å². The molecule has 1 aromatic carbocycles. The summed E-state index contributed by atoms with van der Waals surface area (Å²) in [6, 6.07) is 3.29. The number of amides is 4. The van der Waals surface area contributed by atoms with Gasteiger partial charge in [-0.15, -0.1) is 0 Å². The van der Waals surface area contributed by atoms with E-state index < -0.39 is 33.9 Å². The highest BCUT2D eigenvalue weighted by Crippen LogP contribution is 2.33. The third kappa shape index (κ3) is 4.19. The van der Waals surface area contributed by atoms with Crippen molar-refractivity contribution in [2.45, 2.75) is 31.5 Å². The first-order valence-corrected chi connectivity index (χ1v) is 10.7. The van der Waals surface area contributed by atoms with E-state index in [9.17, 15) is 22.8 Å². The van der Waals surface area contributed by atoms with Crippen LogP contribution in [-0.4, -0.2) is 55.8 Å². The van der Waals surface area contributed by atoms with Gasteiger partial charge in [0.25, 0.3) is 5.91 Å². The van der Waals surface area contributed by atoms with Gasteiger partial charge in [0.1, 0.15) is 6.04 Å². The molecule has 0 aromatic heterocycles. The number of urea groups is 1. The largest absolute Gasteiger partial charge is 0.454 e. The highest BCUT2D eigenvalue weighted by molar-refractivity contribution is 7.94. The fourth-order valence-corrected chi connectivity index (χ4v) is 4.60. The summed E-state index contributed by atoms with van der Waals surface area (Å²) in [5.41, 5.74) is 0.713. The molecule has 4 rings (SSSR count). The number of nitrogens with one attached hydrogen (secondary N) is 2. The molecule has 1 fully saturated rings. The lowest BCUT2D eigenvalue weighted by molar-refractivity contribution is -0.128. The molecule has 0 radical (unpaired) electrons. The van der Waals surface area contributed by atoms with Gasteiger partial charge >= 0.3 is 6.03 Å². The van der Waals surface area contributed by atoms with E-state index in [1.54, 1.807) is 18.2 Å². The van der Waals surface area contributed by atoms with Crippen LogP contribution in [0.15, 0.2) is 29.7 Å². The van der Waals surface area contributed by atoms with Crippen molar-refractivity contribution >= 4 is 27.7 Å². The number of carbonyl (C=O) groups excluding carboxylic acids is 3. The Morgan fingerprint density at radius 3 is 2.79 bits per heavy atom. The lowest BCUT2D eigenvalue weighted by Crippen LogP contribution is -2.37. The highest BCUT2D eigenvalue weighted by atomic mass is 32.2. The third-order valence-corrected chi connectivity index (χ3v) is 6.22. The fourth-order valence-electron chi connectivity index (χ4n) is 3.36. The second-order valence-electron chi connectivity index (χ2n) is 6.98. The Morgan fingerprint density at radius 1 is 1.24 bits per heavy atom. The fraction of sp³-hybridized carbons (Fsp3) is 0.389. The molecule has 1 saturated heterocycles. The van der Waals surface area contributed by atoms with Gasteiger partial charge in [-0.1, -0.05) is 6.07 Å². The van der Waals surface area contributed by atoms with Crippen LogP contribution in [-0.2, 0) is 26.0 Å². The standard InChI is InChI=1S/C18H19N3O7S/c22-16(19-12-5-6-29(25,26)9-12)4-2-13-17(23)21(18(24)20-13)8-11-1-3-14-15(7-11)28-10-27-14/h1,3,5-7,12-13H,2,4,8-10H2,(H,19,22)(H,20,24)/t12?,13-/m0/s1. The normalized spacial score (nSPS) is 24.1. The number of sulfone groups is 1. The number of carbonyl (C=O) groups is 3. The number of rotatable bonds is 6. The van der Waals surface area contributed by atoms with Crippen LogP contribution < -0.4 is 20.1 Å². The topological polar surface area (TPSA) is 131 Å². The molecular formula is C18H19N3O7S. The monoisotopic (exact) mass is 421 g/mol. The summed E-state index contributed by atoms with van der Waals surface area (Å²) >= 11 is 0. The first-order valence-electron chi connectivity index (χ1n) is 9.01. The molecule has 3 aliphatic rings. The van der Waals surface area contributed by atoms with Crippen LogP contribution >= 0.6 is 0 Å². The summed E-state index contributed by atoms with van der Waals surface area (Å²) in [5.74, 6) is 0.212. The minimum Gasteiger partial charge on any atom is -0.454 e. The van der Waals surface area contributed by atoms with Crippen molar-refractivity contribution in [1.82, 2.24) is 15.5 Å². The molecule has 0 bridgehead atoms. The number of imide groups is 1. The van der Waals surface area contributed by atoms with E-state index >= 15 is 0 Å². The van der Waals surface area contributed by atoms with Crippen LogP contribution in [0.5, 0.6) is 11.5 Å². The molecule has 1 unspecified atom stereocenters. The quantitative estimate of drug-likeness (QED) is 0.620. The summed E-state index contributed by atoms with van der Waals surface area (Å²) in [4.78, 5) is 37.9. The van der Waals surface area contributed by atoms with Crippen molar-refractivity contribution in [3.63, 3.8) is 0 Å². The smallest absolute Gasteiger partial charge is 0.325 e. The third-order valence-electron chi connectivity index (χ3n) is 4.82. The van der Waals surface area contributed by atoms with Crippen LogP contribution in [0, 0.1) is 0 Å². The zero-order valence-electron chi connectivity index (χ0n) is 15.3. The van der Waals surface area contributed by atoms with Gasteiger partial charge in [0.2, 0.25) is 12.7 Å². The SMILES string of the molecule is O=C(CC[C@@H]1NC(=O)N(Cc2ccc3c(c2)OCO3)C1=O)NC1C=CS(=O)(=O)C1. The molecule has 0 aliphatic carbocycles. The van der Waals surface area contributed by atoms with Crippen LogP contribution in [0.25, 0.3) is 0 Å². The maximum absolute atomic E-state index is 12.6. The molecule has 4 amide bonds. The number of nitrogens with zero attached hydrogens (tertiary/aromatic N) is 1. The first-order chi connectivity index (χ1) is 13.8. The second kappa shape index (κ2) is 7.39. The van der Waals surface area contributed by atoms with Crippen molar-refractivity contribution in [3.8, 4) is 11.5 Å². The second-order valence-corrected chi connectivity index (χ2v) is 8.92. The van der Waals surface area contributed by atoms with E-state index in [0.29, 0.717) is 17.1 Å². The van der Waals surface area contributed by atoms with Crippen molar-refractivity contribution in [1.29, 1.82) is 0 Å². The Labute approximate surface area is 166 Å². The Bertz CT molecular complexity index is 1000. The van der Waals surface area contributed by atoms with Crippen molar-refractivity contribution in [2.75, 3.05) is 12.5 Å². The molecule has 0 saturated carbocycles. The summed E-state index contributed by atoms with van der Waals surface area (Å²) in [5, 5.41) is 6.25.